The molecule has 88 valence electrons. The standard InChI is InChI=1S/C9H12N2O4S/c1-6-5-7(16(10,13)14)3-4-8(6)11-9(12)15-2/h3-5H,1-2H3,(H,11,12)(H2,10,13,14). The lowest BCUT2D eigenvalue weighted by Crippen LogP contribution is -2.14. The zero-order valence-electron chi connectivity index (χ0n) is 8.85. The predicted octanol–water partition coefficient (Wildman–Crippen LogP) is 0.821. The first-order valence-electron chi connectivity index (χ1n) is 4.33. The zero-order valence-corrected chi connectivity index (χ0v) is 9.67. The van der Waals surface area contributed by atoms with Crippen molar-refractivity contribution in [2.24, 2.45) is 5.14 Å². The number of rotatable bonds is 2. The highest BCUT2D eigenvalue weighted by Gasteiger charge is 2.10. The first-order valence-corrected chi connectivity index (χ1v) is 5.87. The van der Waals surface area contributed by atoms with E-state index in [9.17, 15) is 13.2 Å². The van der Waals surface area contributed by atoms with E-state index in [4.69, 9.17) is 5.14 Å². The summed E-state index contributed by atoms with van der Waals surface area (Å²) in [5.74, 6) is 0. The Morgan fingerprint density at radius 1 is 1.44 bits per heavy atom. The minimum absolute atomic E-state index is 0.000385. The van der Waals surface area contributed by atoms with E-state index in [-0.39, 0.29) is 4.90 Å². The summed E-state index contributed by atoms with van der Waals surface area (Å²) < 4.78 is 26.5. The van der Waals surface area contributed by atoms with E-state index in [0.29, 0.717) is 11.3 Å². The van der Waals surface area contributed by atoms with Crippen LogP contribution in [0.1, 0.15) is 5.56 Å². The quantitative estimate of drug-likeness (QED) is 0.804. The van der Waals surface area contributed by atoms with E-state index in [2.05, 4.69) is 10.1 Å². The molecule has 1 amide bonds. The van der Waals surface area contributed by atoms with Crippen LogP contribution in [0.4, 0.5) is 10.5 Å². The van der Waals surface area contributed by atoms with Crippen LogP contribution in [0.3, 0.4) is 0 Å². The SMILES string of the molecule is COC(=O)Nc1ccc(S(N)(=O)=O)cc1C. The van der Waals surface area contributed by atoms with E-state index in [0.717, 1.165) is 0 Å². The zero-order chi connectivity index (χ0) is 12.3. The first kappa shape index (κ1) is 12.5. The topological polar surface area (TPSA) is 98.5 Å². The highest BCUT2D eigenvalue weighted by atomic mass is 32.2. The molecule has 0 heterocycles. The molecule has 1 rings (SSSR count). The number of carbonyl (C=O) groups excluding carboxylic acids is 1. The molecule has 0 aliphatic heterocycles. The third kappa shape index (κ3) is 2.94. The molecule has 0 fully saturated rings. The first-order chi connectivity index (χ1) is 7.34. The molecule has 0 bridgehead atoms. The van der Waals surface area contributed by atoms with E-state index >= 15 is 0 Å². The van der Waals surface area contributed by atoms with E-state index in [1.807, 2.05) is 0 Å². The van der Waals surface area contributed by atoms with E-state index < -0.39 is 16.1 Å². The monoisotopic (exact) mass is 244 g/mol. The van der Waals surface area contributed by atoms with Gasteiger partial charge in [0.1, 0.15) is 0 Å². The molecule has 1 aromatic carbocycles. The summed E-state index contributed by atoms with van der Waals surface area (Å²) in [6.07, 6.45) is -0.619. The Kier molecular flexibility index (Phi) is 3.51. The van der Waals surface area contributed by atoms with Crippen molar-refractivity contribution in [1.29, 1.82) is 0 Å². The largest absolute Gasteiger partial charge is 0.453 e. The Morgan fingerprint density at radius 3 is 2.50 bits per heavy atom. The number of hydrogen-bond acceptors (Lipinski definition) is 4. The average molecular weight is 244 g/mol. The van der Waals surface area contributed by atoms with Crippen LogP contribution in [-0.2, 0) is 14.8 Å². The van der Waals surface area contributed by atoms with Gasteiger partial charge in [-0.1, -0.05) is 0 Å². The van der Waals surface area contributed by atoms with Crippen molar-refractivity contribution in [3.05, 3.63) is 23.8 Å². The number of methoxy groups -OCH3 is 1. The van der Waals surface area contributed by atoms with Gasteiger partial charge in [0.25, 0.3) is 0 Å². The maximum Gasteiger partial charge on any atom is 0.411 e. The van der Waals surface area contributed by atoms with Crippen molar-refractivity contribution >= 4 is 21.8 Å². The van der Waals surface area contributed by atoms with Crippen LogP contribution in [0.25, 0.3) is 0 Å². The summed E-state index contributed by atoms with van der Waals surface area (Å²) >= 11 is 0. The fourth-order valence-corrected chi connectivity index (χ4v) is 1.71. The van der Waals surface area contributed by atoms with Crippen molar-refractivity contribution < 1.29 is 17.9 Å². The van der Waals surface area contributed by atoms with Crippen LogP contribution in [0, 0.1) is 6.92 Å². The van der Waals surface area contributed by atoms with Crippen LogP contribution in [0.5, 0.6) is 0 Å². The number of hydrogen-bond donors (Lipinski definition) is 2. The molecule has 0 saturated carbocycles. The second-order valence-corrected chi connectivity index (χ2v) is 4.70. The van der Waals surface area contributed by atoms with Crippen LogP contribution >= 0.6 is 0 Å². The van der Waals surface area contributed by atoms with Gasteiger partial charge in [-0.2, -0.15) is 0 Å². The number of ether oxygens (including phenoxy) is 1. The second kappa shape index (κ2) is 4.50. The lowest BCUT2D eigenvalue weighted by molar-refractivity contribution is 0.187. The molecule has 1 aromatic rings. The Hall–Kier alpha value is -1.60. The molecule has 0 saturated heterocycles. The summed E-state index contributed by atoms with van der Waals surface area (Å²) in [6.45, 7) is 1.65. The van der Waals surface area contributed by atoms with Gasteiger partial charge in [-0.25, -0.2) is 18.4 Å². The maximum atomic E-state index is 11.0. The van der Waals surface area contributed by atoms with Crippen molar-refractivity contribution in [1.82, 2.24) is 0 Å². The summed E-state index contributed by atoms with van der Waals surface area (Å²) in [5, 5.41) is 7.41. The average Bonchev–Trinajstić information content (AvgIpc) is 2.19. The van der Waals surface area contributed by atoms with E-state index in [1.165, 1.54) is 25.3 Å². The Labute approximate surface area is 93.5 Å². The van der Waals surface area contributed by atoms with Gasteiger partial charge in [-0.15, -0.1) is 0 Å². The van der Waals surface area contributed by atoms with E-state index in [1.54, 1.807) is 6.92 Å². The summed E-state index contributed by atoms with van der Waals surface area (Å²) in [6, 6.07) is 4.14. The Balaban J connectivity index is 3.06. The number of nitrogens with one attached hydrogen (secondary N) is 1. The fourth-order valence-electron chi connectivity index (χ4n) is 1.11. The summed E-state index contributed by atoms with van der Waals surface area (Å²) in [5.41, 5.74) is 1.05. The number of carbonyl (C=O) groups is 1. The fraction of sp³-hybridized carbons (Fsp3) is 0.222. The predicted molar refractivity (Wildman–Crippen MR) is 58.6 cm³/mol. The number of anilines is 1. The molecule has 0 aliphatic carbocycles. The van der Waals surface area contributed by atoms with Crippen molar-refractivity contribution in [3.63, 3.8) is 0 Å². The third-order valence-corrected chi connectivity index (χ3v) is 2.86. The Morgan fingerprint density at radius 2 is 2.06 bits per heavy atom. The normalized spacial score (nSPS) is 10.9. The molecule has 0 aromatic heterocycles. The van der Waals surface area contributed by atoms with Crippen LogP contribution in [-0.4, -0.2) is 21.6 Å². The molecule has 0 spiro atoms. The van der Waals surface area contributed by atoms with Gasteiger partial charge >= 0.3 is 6.09 Å². The van der Waals surface area contributed by atoms with Gasteiger partial charge in [-0.05, 0) is 30.7 Å². The molecule has 0 aliphatic rings. The van der Waals surface area contributed by atoms with Crippen LogP contribution in [0.2, 0.25) is 0 Å². The highest BCUT2D eigenvalue weighted by Crippen LogP contribution is 2.18. The molecule has 0 radical (unpaired) electrons. The van der Waals surface area contributed by atoms with Crippen molar-refractivity contribution in [3.8, 4) is 0 Å². The number of nitrogens with two attached hydrogens (primary N) is 1. The number of benzene rings is 1. The number of amides is 1. The lowest BCUT2D eigenvalue weighted by Gasteiger charge is -2.08. The molecule has 3 N–H and O–H groups in total. The third-order valence-electron chi connectivity index (χ3n) is 1.95. The molecule has 0 unspecified atom stereocenters. The number of sulfonamides is 1. The number of primary sulfonamides is 1. The summed E-state index contributed by atoms with van der Waals surface area (Å²) in [7, 11) is -2.48. The molecule has 16 heavy (non-hydrogen) atoms. The van der Waals surface area contributed by atoms with Crippen molar-refractivity contribution in [2.45, 2.75) is 11.8 Å². The molecular formula is C9H12N2O4S. The van der Waals surface area contributed by atoms with Gasteiger partial charge in [0, 0.05) is 5.69 Å². The molecule has 0 atom stereocenters. The molecular weight excluding hydrogens is 232 g/mol. The minimum atomic E-state index is -3.72. The van der Waals surface area contributed by atoms with Gasteiger partial charge in [0.05, 0.1) is 12.0 Å². The second-order valence-electron chi connectivity index (χ2n) is 3.14. The molecule has 6 nitrogen and oxygen atoms in total. The van der Waals surface area contributed by atoms with Gasteiger partial charge in [0.2, 0.25) is 10.0 Å². The van der Waals surface area contributed by atoms with Gasteiger partial charge in [0.15, 0.2) is 0 Å². The van der Waals surface area contributed by atoms with Crippen molar-refractivity contribution in [2.75, 3.05) is 12.4 Å². The van der Waals surface area contributed by atoms with Gasteiger partial charge in [-0.3, -0.25) is 5.32 Å². The molecule has 7 heteroatoms. The van der Waals surface area contributed by atoms with Gasteiger partial charge < -0.3 is 4.74 Å². The number of aryl methyl sites for hydroxylation is 1. The summed E-state index contributed by atoms with van der Waals surface area (Å²) in [4.78, 5) is 10.9. The minimum Gasteiger partial charge on any atom is -0.453 e. The van der Waals surface area contributed by atoms with Crippen LogP contribution in [0.15, 0.2) is 23.1 Å². The maximum absolute atomic E-state index is 11.0. The Bertz CT molecular complexity index is 510. The highest BCUT2D eigenvalue weighted by molar-refractivity contribution is 7.89. The lowest BCUT2D eigenvalue weighted by atomic mass is 10.2. The smallest absolute Gasteiger partial charge is 0.411 e. The van der Waals surface area contributed by atoms with Crippen LogP contribution < -0.4 is 10.5 Å².